The van der Waals surface area contributed by atoms with Crippen LogP contribution in [0.25, 0.3) is 33.1 Å². The first kappa shape index (κ1) is 23.6. The van der Waals surface area contributed by atoms with Gasteiger partial charge in [0.05, 0.1) is 23.9 Å². The number of anilines is 1. The van der Waals surface area contributed by atoms with Crippen LogP contribution in [-0.2, 0) is 6.42 Å². The lowest BCUT2D eigenvalue weighted by atomic mass is 10.0. The number of hydrogen-bond donors (Lipinski definition) is 3. The molecule has 0 amide bonds. The molecule has 0 aliphatic rings. The lowest BCUT2D eigenvalue weighted by molar-refractivity contribution is 0.382. The summed E-state index contributed by atoms with van der Waals surface area (Å²) in [5.41, 5.74) is 0.832. The number of H-pyrrole nitrogens is 1. The number of rotatable bonds is 10. The number of ether oxygens (including phenoxy) is 1. The second kappa shape index (κ2) is 10.6. The molecule has 3 aromatic heterocycles. The van der Waals surface area contributed by atoms with E-state index >= 15 is 4.39 Å². The Morgan fingerprint density at radius 3 is 2.65 bits per heavy atom. The van der Waals surface area contributed by atoms with Gasteiger partial charge in [-0.1, -0.05) is 44.5 Å². The van der Waals surface area contributed by atoms with Gasteiger partial charge in [-0.05, 0) is 24.8 Å². The molecule has 0 saturated heterocycles. The predicted octanol–water partition coefficient (Wildman–Crippen LogP) is 4.05. The number of nitrogens with zero attached hydrogens (tertiary/aromatic N) is 3. The Balaban J connectivity index is 1.93. The van der Waals surface area contributed by atoms with Crippen LogP contribution >= 0.6 is 0 Å². The number of halogens is 1. The van der Waals surface area contributed by atoms with Crippen LogP contribution in [-0.4, -0.2) is 46.7 Å². The summed E-state index contributed by atoms with van der Waals surface area (Å²) >= 11 is 0. The van der Waals surface area contributed by atoms with Crippen molar-refractivity contribution >= 4 is 27.5 Å². The molecular weight excluding hydrogens is 435 g/mol. The summed E-state index contributed by atoms with van der Waals surface area (Å²) in [6.45, 7) is 6.38. The summed E-state index contributed by atoms with van der Waals surface area (Å²) in [6, 6.07) is 8.88. The smallest absolute Gasteiger partial charge is 0.318 e. The van der Waals surface area contributed by atoms with Crippen molar-refractivity contribution < 1.29 is 9.13 Å². The van der Waals surface area contributed by atoms with Crippen LogP contribution in [0.1, 0.15) is 32.4 Å². The number of aromatic nitrogens is 4. The van der Waals surface area contributed by atoms with Crippen LogP contribution in [0, 0.1) is 5.82 Å². The molecule has 4 rings (SSSR count). The molecular formula is C25H29FN6O2. The highest BCUT2D eigenvalue weighted by atomic mass is 19.1. The molecule has 1 aromatic carbocycles. The van der Waals surface area contributed by atoms with E-state index in [1.165, 1.54) is 13.2 Å². The van der Waals surface area contributed by atoms with Crippen LogP contribution in [0.4, 0.5) is 10.2 Å². The third-order valence-corrected chi connectivity index (χ3v) is 5.53. The van der Waals surface area contributed by atoms with Crippen LogP contribution in [0.2, 0.25) is 0 Å². The Hall–Kier alpha value is -3.59. The molecule has 0 unspecified atom stereocenters. The molecule has 3 heterocycles. The third kappa shape index (κ3) is 4.70. The maximum atomic E-state index is 16.0. The molecule has 0 radical (unpaired) electrons. The number of nitrogens with one attached hydrogen (secondary N) is 3. The molecule has 0 atom stereocenters. The normalized spacial score (nSPS) is 11.3. The Morgan fingerprint density at radius 2 is 1.88 bits per heavy atom. The van der Waals surface area contributed by atoms with E-state index in [-0.39, 0.29) is 22.8 Å². The van der Waals surface area contributed by atoms with Gasteiger partial charge in [0.2, 0.25) is 5.56 Å². The predicted molar refractivity (Wildman–Crippen MR) is 133 cm³/mol. The molecule has 0 fully saturated rings. The number of benzene rings is 1. The molecule has 9 heteroatoms. The number of aryl methyl sites for hydroxylation is 1. The molecule has 34 heavy (non-hydrogen) atoms. The minimum Gasteiger partial charge on any atom is -0.467 e. The van der Waals surface area contributed by atoms with Crippen LogP contribution in [0.3, 0.4) is 0 Å². The molecule has 178 valence electrons. The summed E-state index contributed by atoms with van der Waals surface area (Å²) in [7, 11) is 1.45. The third-order valence-electron chi connectivity index (χ3n) is 5.53. The highest BCUT2D eigenvalue weighted by Crippen LogP contribution is 2.34. The second-order valence-corrected chi connectivity index (χ2v) is 8.03. The molecule has 0 aliphatic heterocycles. The van der Waals surface area contributed by atoms with Crippen molar-refractivity contribution in [2.75, 3.05) is 32.1 Å². The molecule has 3 N–H and O–H groups in total. The van der Waals surface area contributed by atoms with Crippen LogP contribution in [0.5, 0.6) is 6.01 Å². The van der Waals surface area contributed by atoms with Crippen molar-refractivity contribution in [2.24, 2.45) is 0 Å². The fourth-order valence-electron chi connectivity index (χ4n) is 4.00. The van der Waals surface area contributed by atoms with Gasteiger partial charge in [0.25, 0.3) is 0 Å². The lowest BCUT2D eigenvalue weighted by Crippen LogP contribution is -2.23. The van der Waals surface area contributed by atoms with Crippen molar-refractivity contribution in [2.45, 2.75) is 33.1 Å². The first-order valence-corrected chi connectivity index (χ1v) is 11.6. The SMILES string of the molecule is CCCNCCNc1nc(OC)nc2c(F)c(-c3[nH]c(=O)cc4ccccc34)nc(CCC)c12. The van der Waals surface area contributed by atoms with Crippen molar-refractivity contribution in [3.63, 3.8) is 0 Å². The summed E-state index contributed by atoms with van der Waals surface area (Å²) in [4.78, 5) is 28.6. The molecule has 8 nitrogen and oxygen atoms in total. The molecule has 4 aromatic rings. The highest BCUT2D eigenvalue weighted by molar-refractivity contribution is 5.98. The molecule has 0 saturated carbocycles. The molecule has 0 bridgehead atoms. The first-order valence-electron chi connectivity index (χ1n) is 11.6. The standard InChI is InChI=1S/C25H29FN6O2/c1-4-8-17-19-22(31-25(34-3)32-24(19)28-13-12-27-11-5-2)20(26)23(29-17)21-16-10-7-6-9-15(16)14-18(33)30-21/h6-7,9-10,14,27H,4-5,8,11-13H2,1-3H3,(H,30,33)(H,28,31,32). The van der Waals surface area contributed by atoms with E-state index in [4.69, 9.17) is 9.72 Å². The monoisotopic (exact) mass is 464 g/mol. The van der Waals surface area contributed by atoms with E-state index in [0.29, 0.717) is 46.3 Å². The maximum Gasteiger partial charge on any atom is 0.318 e. The Kier molecular flexibility index (Phi) is 7.32. The average molecular weight is 465 g/mol. The Labute approximate surface area is 197 Å². The number of pyridine rings is 2. The summed E-state index contributed by atoms with van der Waals surface area (Å²) in [5, 5.41) is 8.56. The fraction of sp³-hybridized carbons (Fsp3) is 0.360. The fourth-order valence-corrected chi connectivity index (χ4v) is 4.00. The Morgan fingerprint density at radius 1 is 1.06 bits per heavy atom. The number of hydrogen-bond acceptors (Lipinski definition) is 7. The zero-order chi connectivity index (χ0) is 24.1. The van der Waals surface area contributed by atoms with Gasteiger partial charge in [0.1, 0.15) is 17.0 Å². The number of fused-ring (bicyclic) bond motifs is 2. The topological polar surface area (TPSA) is 105 Å². The van der Waals surface area contributed by atoms with Gasteiger partial charge in [-0.3, -0.25) is 4.79 Å². The van der Waals surface area contributed by atoms with E-state index in [9.17, 15) is 4.79 Å². The largest absolute Gasteiger partial charge is 0.467 e. The van der Waals surface area contributed by atoms with Crippen LogP contribution in [0.15, 0.2) is 35.1 Å². The number of aromatic amines is 1. The lowest BCUT2D eigenvalue weighted by Gasteiger charge is -2.16. The van der Waals surface area contributed by atoms with Gasteiger partial charge >= 0.3 is 6.01 Å². The van der Waals surface area contributed by atoms with Gasteiger partial charge in [-0.2, -0.15) is 9.97 Å². The van der Waals surface area contributed by atoms with Crippen molar-refractivity contribution in [1.82, 2.24) is 25.3 Å². The van der Waals surface area contributed by atoms with Gasteiger partial charge in [-0.25, -0.2) is 9.37 Å². The van der Waals surface area contributed by atoms with E-state index in [2.05, 4.69) is 32.5 Å². The zero-order valence-electron chi connectivity index (χ0n) is 19.7. The Bertz CT molecular complexity index is 1370. The number of methoxy groups -OCH3 is 1. The van der Waals surface area contributed by atoms with E-state index in [0.717, 1.165) is 25.9 Å². The highest BCUT2D eigenvalue weighted by Gasteiger charge is 2.23. The van der Waals surface area contributed by atoms with E-state index < -0.39 is 5.82 Å². The average Bonchev–Trinajstić information content (AvgIpc) is 2.84. The quantitative estimate of drug-likeness (QED) is 0.304. The summed E-state index contributed by atoms with van der Waals surface area (Å²) < 4.78 is 21.3. The van der Waals surface area contributed by atoms with E-state index in [1.807, 2.05) is 31.2 Å². The van der Waals surface area contributed by atoms with Gasteiger partial charge < -0.3 is 20.4 Å². The minimum atomic E-state index is -0.630. The second-order valence-electron chi connectivity index (χ2n) is 8.03. The zero-order valence-corrected chi connectivity index (χ0v) is 19.7. The van der Waals surface area contributed by atoms with Crippen molar-refractivity contribution in [3.05, 3.63) is 52.2 Å². The van der Waals surface area contributed by atoms with Crippen molar-refractivity contribution in [1.29, 1.82) is 0 Å². The molecule has 0 aliphatic carbocycles. The first-order chi connectivity index (χ1) is 16.6. The van der Waals surface area contributed by atoms with Crippen molar-refractivity contribution in [3.8, 4) is 17.4 Å². The minimum absolute atomic E-state index is 0.0566. The molecule has 0 spiro atoms. The van der Waals surface area contributed by atoms with Gasteiger partial charge in [0.15, 0.2) is 5.82 Å². The van der Waals surface area contributed by atoms with Crippen LogP contribution < -0.4 is 20.9 Å². The van der Waals surface area contributed by atoms with Gasteiger partial charge in [-0.15, -0.1) is 0 Å². The van der Waals surface area contributed by atoms with Gasteiger partial charge in [0, 0.05) is 24.5 Å². The van der Waals surface area contributed by atoms with E-state index in [1.54, 1.807) is 0 Å². The maximum absolute atomic E-state index is 16.0. The summed E-state index contributed by atoms with van der Waals surface area (Å²) in [5.74, 6) is -0.150. The summed E-state index contributed by atoms with van der Waals surface area (Å²) in [6.07, 6.45) is 2.43.